The molecule has 1 aliphatic rings. The summed E-state index contributed by atoms with van der Waals surface area (Å²) in [5.41, 5.74) is 0. The molecule has 1 fully saturated rings. The van der Waals surface area contributed by atoms with E-state index in [-0.39, 0.29) is 13.0 Å². The van der Waals surface area contributed by atoms with Crippen molar-refractivity contribution in [1.29, 1.82) is 0 Å². The van der Waals surface area contributed by atoms with Crippen LogP contribution in [0.15, 0.2) is 0 Å². The van der Waals surface area contributed by atoms with Gasteiger partial charge in [-0.15, -0.1) is 0 Å². The lowest BCUT2D eigenvalue weighted by molar-refractivity contribution is -0.272. The third-order valence-corrected chi connectivity index (χ3v) is 6.42. The van der Waals surface area contributed by atoms with Gasteiger partial charge >= 0.3 is 12.1 Å². The summed E-state index contributed by atoms with van der Waals surface area (Å²) in [4.78, 5) is 24.9. The molecular formula is C25H44Cl3NO8. The van der Waals surface area contributed by atoms with Gasteiger partial charge in [0.25, 0.3) is 0 Å². The van der Waals surface area contributed by atoms with Gasteiger partial charge in [0.15, 0.2) is 12.4 Å². The maximum absolute atomic E-state index is 12.6. The van der Waals surface area contributed by atoms with Crippen molar-refractivity contribution in [3.05, 3.63) is 0 Å². The second kappa shape index (κ2) is 19.5. The van der Waals surface area contributed by atoms with Gasteiger partial charge in [0.1, 0.15) is 24.9 Å². The van der Waals surface area contributed by atoms with Crippen molar-refractivity contribution in [3.8, 4) is 0 Å². The van der Waals surface area contributed by atoms with Crippen LogP contribution in [0.5, 0.6) is 0 Å². The highest BCUT2D eigenvalue weighted by Crippen LogP contribution is 2.27. The lowest BCUT2D eigenvalue weighted by Gasteiger charge is -2.43. The van der Waals surface area contributed by atoms with E-state index in [0.29, 0.717) is 6.42 Å². The number of hydrogen-bond acceptors (Lipinski definition) is 8. The topological polar surface area (TPSA) is 124 Å². The Kier molecular flexibility index (Phi) is 18.2. The van der Waals surface area contributed by atoms with Gasteiger partial charge in [-0.3, -0.25) is 4.79 Å². The van der Waals surface area contributed by atoms with E-state index in [4.69, 9.17) is 53.8 Å². The number of esters is 1. The Hall–Kier alpha value is -0.550. The normalized spacial score (nSPS) is 24.0. The summed E-state index contributed by atoms with van der Waals surface area (Å²) >= 11 is 16.8. The monoisotopic (exact) mass is 591 g/mol. The van der Waals surface area contributed by atoms with Crippen molar-refractivity contribution in [3.63, 3.8) is 0 Å². The Morgan fingerprint density at radius 3 is 2.03 bits per heavy atom. The van der Waals surface area contributed by atoms with Crippen LogP contribution in [0.4, 0.5) is 4.79 Å². The molecule has 0 bridgehead atoms. The van der Waals surface area contributed by atoms with Gasteiger partial charge in [-0.05, 0) is 13.3 Å². The molecule has 1 aliphatic heterocycles. The van der Waals surface area contributed by atoms with E-state index in [1.54, 1.807) is 6.92 Å². The first-order valence-electron chi connectivity index (χ1n) is 13.4. The SMILES string of the molecule is CCCCCCCCCCCCCC(=O)O[C@H]1[C@H](O)[C@@H](CO)O[C@H](OCC)[C@@H]1NC(=O)OCC(Cl)(Cl)Cl. The van der Waals surface area contributed by atoms with Crippen LogP contribution in [-0.4, -0.2) is 76.5 Å². The molecule has 0 radical (unpaired) electrons. The molecule has 0 spiro atoms. The van der Waals surface area contributed by atoms with Gasteiger partial charge in [0.2, 0.25) is 3.79 Å². The summed E-state index contributed by atoms with van der Waals surface area (Å²) in [6.07, 6.45) is 6.97. The number of aliphatic hydroxyl groups excluding tert-OH is 2. The third-order valence-electron chi connectivity index (χ3n) is 6.09. The van der Waals surface area contributed by atoms with Crippen LogP contribution >= 0.6 is 34.8 Å². The molecule has 1 heterocycles. The molecule has 0 aromatic rings. The van der Waals surface area contributed by atoms with Crippen LogP contribution in [-0.2, 0) is 23.7 Å². The number of nitrogens with one attached hydrogen (secondary N) is 1. The van der Waals surface area contributed by atoms with Gasteiger partial charge in [-0.2, -0.15) is 0 Å². The number of alkyl carbamates (subject to hydrolysis) is 1. The van der Waals surface area contributed by atoms with Gasteiger partial charge < -0.3 is 34.5 Å². The van der Waals surface area contributed by atoms with Crippen LogP contribution in [0, 0.1) is 0 Å². The van der Waals surface area contributed by atoms with Crippen molar-refractivity contribution in [2.75, 3.05) is 19.8 Å². The Morgan fingerprint density at radius 1 is 0.946 bits per heavy atom. The van der Waals surface area contributed by atoms with Crippen LogP contribution in [0.3, 0.4) is 0 Å². The minimum absolute atomic E-state index is 0.161. The molecule has 0 unspecified atom stereocenters. The van der Waals surface area contributed by atoms with E-state index in [9.17, 15) is 19.8 Å². The predicted octanol–water partition coefficient (Wildman–Crippen LogP) is 5.18. The number of rotatable bonds is 18. The number of carbonyl (C=O) groups excluding carboxylic acids is 2. The van der Waals surface area contributed by atoms with Crippen LogP contribution < -0.4 is 5.32 Å². The number of ether oxygens (including phenoxy) is 4. The van der Waals surface area contributed by atoms with E-state index in [2.05, 4.69) is 12.2 Å². The Balaban J connectivity index is 2.56. The second-order valence-corrected chi connectivity index (χ2v) is 11.8. The first-order chi connectivity index (χ1) is 17.6. The number of amides is 1. The fourth-order valence-electron chi connectivity index (χ4n) is 4.14. The average Bonchev–Trinajstić information content (AvgIpc) is 2.84. The molecule has 1 amide bonds. The standard InChI is InChI=1S/C25H44Cl3NO8/c1-3-5-6-7-8-9-10-11-12-13-14-15-19(31)37-22-20(29-24(33)35-17-25(26,27)28)23(34-4-2)36-18(16-30)21(22)32/h18,20-23,30,32H,3-17H2,1-2H3,(H,29,33)/t18-,20-,21-,22-,23+/m1/s1. The summed E-state index contributed by atoms with van der Waals surface area (Å²) in [6, 6.07) is -1.12. The molecule has 0 aromatic heterocycles. The Labute approximate surface area is 235 Å². The molecular weight excluding hydrogens is 549 g/mol. The highest BCUT2D eigenvalue weighted by Gasteiger charge is 2.48. The number of unbranched alkanes of at least 4 members (excludes halogenated alkanes) is 10. The smallest absolute Gasteiger partial charge is 0.407 e. The highest BCUT2D eigenvalue weighted by molar-refractivity contribution is 6.67. The van der Waals surface area contributed by atoms with Crippen LogP contribution in [0.2, 0.25) is 0 Å². The lowest BCUT2D eigenvalue weighted by Crippen LogP contribution is -2.66. The van der Waals surface area contributed by atoms with Gasteiger partial charge in [0, 0.05) is 13.0 Å². The number of carbonyl (C=O) groups is 2. The molecule has 12 heteroatoms. The zero-order chi connectivity index (χ0) is 27.7. The molecule has 5 atom stereocenters. The van der Waals surface area contributed by atoms with Crippen LogP contribution in [0.1, 0.15) is 90.9 Å². The van der Waals surface area contributed by atoms with Gasteiger partial charge in [0.05, 0.1) is 6.61 Å². The highest BCUT2D eigenvalue weighted by atomic mass is 35.6. The molecule has 0 aliphatic carbocycles. The summed E-state index contributed by atoms with van der Waals surface area (Å²) in [5.74, 6) is -0.532. The quantitative estimate of drug-likeness (QED) is 0.113. The minimum atomic E-state index is -1.82. The molecule has 0 aromatic carbocycles. The minimum Gasteiger partial charge on any atom is -0.457 e. The summed E-state index contributed by atoms with van der Waals surface area (Å²) < 4.78 is 19.7. The predicted molar refractivity (Wildman–Crippen MR) is 143 cm³/mol. The molecule has 1 saturated heterocycles. The van der Waals surface area contributed by atoms with Crippen molar-refractivity contribution in [2.45, 2.75) is 125 Å². The average molecular weight is 593 g/mol. The molecule has 3 N–H and O–H groups in total. The first-order valence-corrected chi connectivity index (χ1v) is 14.5. The van der Waals surface area contributed by atoms with Crippen molar-refractivity contribution >= 4 is 46.9 Å². The van der Waals surface area contributed by atoms with Gasteiger partial charge in [-0.1, -0.05) is 106 Å². The fourth-order valence-corrected chi connectivity index (χ4v) is 4.30. The molecule has 218 valence electrons. The number of alkyl halides is 3. The summed E-state index contributed by atoms with van der Waals surface area (Å²) in [5, 5.41) is 22.8. The fraction of sp³-hybridized carbons (Fsp3) is 0.920. The van der Waals surface area contributed by atoms with Crippen LogP contribution in [0.25, 0.3) is 0 Å². The molecule has 9 nitrogen and oxygen atoms in total. The summed E-state index contributed by atoms with van der Waals surface area (Å²) in [6.45, 7) is 3.05. The van der Waals surface area contributed by atoms with E-state index in [0.717, 1.165) is 19.3 Å². The van der Waals surface area contributed by atoms with E-state index in [1.807, 2.05) is 0 Å². The van der Waals surface area contributed by atoms with Crippen molar-refractivity contribution in [1.82, 2.24) is 5.32 Å². The summed E-state index contributed by atoms with van der Waals surface area (Å²) in [7, 11) is 0. The third kappa shape index (κ3) is 15.0. The molecule has 37 heavy (non-hydrogen) atoms. The maximum atomic E-state index is 12.6. The number of aliphatic hydroxyl groups is 2. The number of hydrogen-bond donors (Lipinski definition) is 3. The Bertz CT molecular complexity index is 638. The zero-order valence-electron chi connectivity index (χ0n) is 22.0. The maximum Gasteiger partial charge on any atom is 0.407 e. The largest absolute Gasteiger partial charge is 0.457 e. The van der Waals surface area contributed by atoms with E-state index < -0.39 is 59.7 Å². The van der Waals surface area contributed by atoms with Crippen molar-refractivity contribution in [2.24, 2.45) is 0 Å². The zero-order valence-corrected chi connectivity index (χ0v) is 24.2. The van der Waals surface area contributed by atoms with Gasteiger partial charge in [-0.25, -0.2) is 4.79 Å². The Morgan fingerprint density at radius 2 is 1.51 bits per heavy atom. The lowest BCUT2D eigenvalue weighted by atomic mass is 9.96. The second-order valence-electron chi connectivity index (χ2n) is 9.27. The number of halogens is 3. The van der Waals surface area contributed by atoms with Crippen molar-refractivity contribution < 1.29 is 38.7 Å². The molecule has 0 saturated carbocycles. The first kappa shape index (κ1) is 34.5. The van der Waals surface area contributed by atoms with E-state index in [1.165, 1.54) is 44.9 Å². The van der Waals surface area contributed by atoms with E-state index >= 15 is 0 Å². The molecule has 1 rings (SSSR count).